The highest BCUT2D eigenvalue weighted by atomic mass is 32.2. The number of hydrogen-bond donors (Lipinski definition) is 1. The summed E-state index contributed by atoms with van der Waals surface area (Å²) >= 11 is 5.49. The minimum atomic E-state index is -0.178. The summed E-state index contributed by atoms with van der Waals surface area (Å²) in [4.78, 5) is 12.0. The van der Waals surface area contributed by atoms with E-state index in [1.165, 1.54) is 4.90 Å². The molecule has 0 N–H and O–H groups in total. The van der Waals surface area contributed by atoms with E-state index >= 15 is 0 Å². The topological polar surface area (TPSA) is 17.1 Å². The summed E-state index contributed by atoms with van der Waals surface area (Å²) in [6, 6.07) is 7.48. The Balaban J connectivity index is 2.78. The van der Waals surface area contributed by atoms with E-state index in [0.717, 1.165) is 5.75 Å². The normalized spacial score (nSPS) is 9.83. The third kappa shape index (κ3) is 2.57. The van der Waals surface area contributed by atoms with Crippen LogP contribution in [-0.2, 0) is 0 Å². The van der Waals surface area contributed by atoms with Crippen molar-refractivity contribution >= 4 is 29.5 Å². The first-order valence-electron chi connectivity index (χ1n) is 3.70. The first-order chi connectivity index (χ1) is 5.74. The van der Waals surface area contributed by atoms with Crippen LogP contribution >= 0.6 is 24.4 Å². The molecule has 0 saturated carbocycles. The molecule has 12 heavy (non-hydrogen) atoms. The number of carbonyl (C=O) groups excluding carboxylic acids is 1. The lowest BCUT2D eigenvalue weighted by atomic mass is 10.2. The van der Waals surface area contributed by atoms with E-state index in [2.05, 4.69) is 19.6 Å². The van der Waals surface area contributed by atoms with Crippen molar-refractivity contribution in [3.63, 3.8) is 0 Å². The predicted octanol–water partition coefficient (Wildman–Crippen LogP) is 2.87. The van der Waals surface area contributed by atoms with Crippen molar-refractivity contribution in [1.29, 1.82) is 0 Å². The molecule has 0 fully saturated rings. The highest BCUT2D eigenvalue weighted by Crippen LogP contribution is 2.18. The third-order valence-electron chi connectivity index (χ3n) is 1.41. The zero-order chi connectivity index (χ0) is 8.97. The molecule has 1 aromatic carbocycles. The molecule has 1 nitrogen and oxygen atoms in total. The van der Waals surface area contributed by atoms with E-state index in [4.69, 9.17) is 0 Å². The van der Waals surface area contributed by atoms with Crippen LogP contribution in [0.2, 0.25) is 0 Å². The summed E-state index contributed by atoms with van der Waals surface area (Å²) in [6.07, 6.45) is 0. The summed E-state index contributed by atoms with van der Waals surface area (Å²) in [7, 11) is 0. The average molecular weight is 198 g/mol. The summed E-state index contributed by atoms with van der Waals surface area (Å²) in [5, 5.41) is -0.178. The Morgan fingerprint density at radius 3 is 2.42 bits per heavy atom. The zero-order valence-corrected chi connectivity index (χ0v) is 8.49. The van der Waals surface area contributed by atoms with Crippen LogP contribution in [0.3, 0.4) is 0 Å². The van der Waals surface area contributed by atoms with Gasteiger partial charge in [-0.2, -0.15) is 0 Å². The summed E-state index contributed by atoms with van der Waals surface area (Å²) in [5.74, 6) is 1.05. The minimum Gasteiger partial charge on any atom is -0.282 e. The lowest BCUT2D eigenvalue weighted by Crippen LogP contribution is -1.87. The van der Waals surface area contributed by atoms with Gasteiger partial charge in [0.25, 0.3) is 0 Å². The molecule has 0 unspecified atom stereocenters. The third-order valence-corrected chi connectivity index (χ3v) is 2.56. The molecule has 0 spiro atoms. The van der Waals surface area contributed by atoms with Gasteiger partial charge in [0, 0.05) is 10.5 Å². The Bertz CT molecular complexity index is 266. The number of carbonyl (C=O) groups is 1. The Kier molecular flexibility index (Phi) is 3.69. The van der Waals surface area contributed by atoms with Crippen LogP contribution in [-0.4, -0.2) is 10.9 Å². The molecule has 1 rings (SSSR count). The van der Waals surface area contributed by atoms with Gasteiger partial charge in [0.15, 0.2) is 0 Å². The van der Waals surface area contributed by atoms with E-state index < -0.39 is 0 Å². The van der Waals surface area contributed by atoms with Gasteiger partial charge in [-0.15, -0.1) is 24.4 Å². The van der Waals surface area contributed by atoms with Crippen LogP contribution in [0.5, 0.6) is 0 Å². The van der Waals surface area contributed by atoms with Gasteiger partial charge in [0.2, 0.25) is 5.12 Å². The molecular weight excluding hydrogens is 188 g/mol. The fraction of sp³-hybridized carbons (Fsp3) is 0.222. The number of thioether (sulfide) groups is 1. The van der Waals surface area contributed by atoms with Crippen LogP contribution in [0.4, 0.5) is 0 Å². The van der Waals surface area contributed by atoms with E-state index in [1.807, 2.05) is 12.1 Å². The van der Waals surface area contributed by atoms with E-state index in [1.54, 1.807) is 23.9 Å². The van der Waals surface area contributed by atoms with Gasteiger partial charge in [-0.1, -0.05) is 6.92 Å². The van der Waals surface area contributed by atoms with Gasteiger partial charge in [-0.05, 0) is 30.0 Å². The Morgan fingerprint density at radius 2 is 2.00 bits per heavy atom. The highest BCUT2D eigenvalue weighted by molar-refractivity contribution is 7.99. The number of benzene rings is 1. The largest absolute Gasteiger partial charge is 0.282 e. The monoisotopic (exact) mass is 198 g/mol. The second kappa shape index (κ2) is 4.58. The quantitative estimate of drug-likeness (QED) is 0.594. The molecule has 1 aromatic rings. The molecule has 0 amide bonds. The number of hydrogen-bond acceptors (Lipinski definition) is 2. The van der Waals surface area contributed by atoms with Crippen molar-refractivity contribution in [3.8, 4) is 0 Å². The highest BCUT2D eigenvalue weighted by Gasteiger charge is 1.98. The van der Waals surface area contributed by atoms with Crippen molar-refractivity contribution in [2.24, 2.45) is 0 Å². The average Bonchev–Trinajstić information content (AvgIpc) is 2.06. The van der Waals surface area contributed by atoms with E-state index in [-0.39, 0.29) is 5.12 Å². The minimum absolute atomic E-state index is 0.178. The molecule has 0 aromatic heterocycles. The fourth-order valence-electron chi connectivity index (χ4n) is 0.860. The maximum absolute atomic E-state index is 10.8. The molecule has 3 heteroatoms. The van der Waals surface area contributed by atoms with Gasteiger partial charge in [-0.3, -0.25) is 4.79 Å². The molecule has 0 heterocycles. The molecule has 0 aliphatic rings. The van der Waals surface area contributed by atoms with Crippen molar-refractivity contribution in [2.45, 2.75) is 11.8 Å². The summed E-state index contributed by atoms with van der Waals surface area (Å²) in [6.45, 7) is 2.10. The van der Waals surface area contributed by atoms with Crippen LogP contribution in [0.1, 0.15) is 17.3 Å². The first-order valence-corrected chi connectivity index (χ1v) is 5.13. The maximum atomic E-state index is 10.8. The summed E-state index contributed by atoms with van der Waals surface area (Å²) in [5.41, 5.74) is 0.652. The number of thiol groups is 1. The molecule has 64 valence electrons. The molecule has 0 atom stereocenters. The van der Waals surface area contributed by atoms with E-state index in [0.29, 0.717) is 5.56 Å². The van der Waals surface area contributed by atoms with Crippen LogP contribution in [0.15, 0.2) is 29.2 Å². The molecule has 0 saturated heterocycles. The van der Waals surface area contributed by atoms with Gasteiger partial charge in [0.1, 0.15) is 0 Å². The Hall–Kier alpha value is -0.410. The molecule has 0 bridgehead atoms. The molecular formula is C9H10OS2. The fourth-order valence-corrected chi connectivity index (χ4v) is 1.67. The summed E-state index contributed by atoms with van der Waals surface area (Å²) < 4.78 is 0. The zero-order valence-electron chi connectivity index (χ0n) is 6.78. The second-order valence-corrected chi connectivity index (χ2v) is 4.01. The first kappa shape index (κ1) is 9.68. The van der Waals surface area contributed by atoms with E-state index in [9.17, 15) is 4.79 Å². The van der Waals surface area contributed by atoms with Crippen LogP contribution < -0.4 is 0 Å². The van der Waals surface area contributed by atoms with Crippen LogP contribution in [0, 0.1) is 0 Å². The molecule has 0 aliphatic heterocycles. The molecule has 0 aliphatic carbocycles. The lowest BCUT2D eigenvalue weighted by Gasteiger charge is -1.98. The Morgan fingerprint density at radius 1 is 1.42 bits per heavy atom. The standard InChI is InChI=1S/C9H10OS2/c1-2-12-8-5-3-7(4-6-8)9(10)11/h3-6H,2H2,1H3,(H,10,11). The maximum Gasteiger partial charge on any atom is 0.216 e. The molecule has 0 radical (unpaired) electrons. The van der Waals surface area contributed by atoms with Crippen LogP contribution in [0.25, 0.3) is 0 Å². The predicted molar refractivity (Wildman–Crippen MR) is 56.2 cm³/mol. The van der Waals surface area contributed by atoms with Crippen molar-refractivity contribution in [3.05, 3.63) is 29.8 Å². The van der Waals surface area contributed by atoms with Crippen molar-refractivity contribution < 1.29 is 4.79 Å². The number of rotatable bonds is 3. The SMILES string of the molecule is CCSc1ccc(C(=O)S)cc1. The van der Waals surface area contributed by atoms with Gasteiger partial charge in [0.05, 0.1) is 0 Å². The van der Waals surface area contributed by atoms with Crippen molar-refractivity contribution in [1.82, 2.24) is 0 Å². The van der Waals surface area contributed by atoms with Crippen molar-refractivity contribution in [2.75, 3.05) is 5.75 Å². The lowest BCUT2D eigenvalue weighted by molar-refractivity contribution is 0.109. The van der Waals surface area contributed by atoms with Gasteiger partial charge < -0.3 is 0 Å². The second-order valence-electron chi connectivity index (χ2n) is 2.26. The van der Waals surface area contributed by atoms with Gasteiger partial charge in [-0.25, -0.2) is 0 Å². The Labute approximate surface area is 82.0 Å². The van der Waals surface area contributed by atoms with Gasteiger partial charge >= 0.3 is 0 Å². The smallest absolute Gasteiger partial charge is 0.216 e.